The van der Waals surface area contributed by atoms with Crippen molar-refractivity contribution >= 4 is 17.6 Å². The van der Waals surface area contributed by atoms with E-state index in [1.807, 2.05) is 30.3 Å². The molecule has 0 spiro atoms. The molecule has 27 heavy (non-hydrogen) atoms. The summed E-state index contributed by atoms with van der Waals surface area (Å²) in [7, 11) is 0. The molecule has 6 heteroatoms. The number of phenolic OH excluding ortho intramolecular Hbond substituents is 1. The number of thiazole rings is 1. The summed E-state index contributed by atoms with van der Waals surface area (Å²) in [4.78, 5) is 0.778. The van der Waals surface area contributed by atoms with E-state index in [0.717, 1.165) is 27.4 Å². The molecule has 0 aliphatic rings. The molecule has 134 valence electrons. The second kappa shape index (κ2) is 7.88. The van der Waals surface area contributed by atoms with E-state index in [9.17, 15) is 5.11 Å². The van der Waals surface area contributed by atoms with Gasteiger partial charge in [0.05, 0.1) is 24.7 Å². The molecule has 1 N–H and O–H groups in total. The van der Waals surface area contributed by atoms with Crippen molar-refractivity contribution < 1.29 is 9.52 Å². The van der Waals surface area contributed by atoms with Crippen molar-refractivity contribution in [3.63, 3.8) is 0 Å². The number of furan rings is 1. The Kier molecular flexibility index (Phi) is 4.98. The van der Waals surface area contributed by atoms with E-state index in [-0.39, 0.29) is 5.75 Å². The lowest BCUT2D eigenvalue weighted by atomic mass is 10.2. The quantitative estimate of drug-likeness (QED) is 0.412. The number of benzene rings is 2. The Bertz CT molecular complexity index is 1090. The van der Waals surface area contributed by atoms with Crippen LogP contribution in [0, 0.1) is 0 Å². The smallest absolute Gasteiger partial charge is 0.211 e. The first-order valence-electron chi connectivity index (χ1n) is 8.42. The monoisotopic (exact) mass is 375 g/mol. The lowest BCUT2D eigenvalue weighted by Crippen LogP contribution is -2.16. The Balaban J connectivity index is 1.71. The first-order valence-corrected chi connectivity index (χ1v) is 9.30. The van der Waals surface area contributed by atoms with Gasteiger partial charge in [-0.3, -0.25) is 0 Å². The summed E-state index contributed by atoms with van der Waals surface area (Å²) < 4.78 is 7.61. The molecule has 4 rings (SSSR count). The fourth-order valence-electron chi connectivity index (χ4n) is 2.67. The average Bonchev–Trinajstić information content (AvgIpc) is 3.35. The zero-order chi connectivity index (χ0) is 18.5. The predicted molar refractivity (Wildman–Crippen MR) is 107 cm³/mol. The zero-order valence-electron chi connectivity index (χ0n) is 14.4. The summed E-state index contributed by atoms with van der Waals surface area (Å²) in [5.74, 6) is 1.08. The maximum Gasteiger partial charge on any atom is 0.211 e. The number of nitrogens with zero attached hydrogens (tertiary/aromatic N) is 3. The van der Waals surface area contributed by atoms with Gasteiger partial charge in [-0.2, -0.15) is 5.10 Å². The normalized spacial score (nSPS) is 12.1. The van der Waals surface area contributed by atoms with Crippen LogP contribution >= 0.6 is 11.3 Å². The van der Waals surface area contributed by atoms with Crippen molar-refractivity contribution in [2.45, 2.75) is 6.54 Å². The fraction of sp³-hybridized carbons (Fsp3) is 0.0476. The van der Waals surface area contributed by atoms with Crippen molar-refractivity contribution in [2.75, 3.05) is 0 Å². The summed E-state index contributed by atoms with van der Waals surface area (Å²) in [6.45, 7) is 0.578. The molecule has 0 aliphatic heterocycles. The zero-order valence-corrected chi connectivity index (χ0v) is 15.2. The van der Waals surface area contributed by atoms with Crippen molar-refractivity contribution in [1.29, 1.82) is 0 Å². The summed E-state index contributed by atoms with van der Waals surface area (Å²) in [5, 5.41) is 20.0. The largest absolute Gasteiger partial charge is 0.508 e. The van der Waals surface area contributed by atoms with E-state index in [4.69, 9.17) is 4.42 Å². The van der Waals surface area contributed by atoms with Crippen LogP contribution in [0.3, 0.4) is 0 Å². The molecule has 2 heterocycles. The highest BCUT2D eigenvalue weighted by atomic mass is 32.1. The maximum absolute atomic E-state index is 9.35. The van der Waals surface area contributed by atoms with Crippen LogP contribution in [-0.2, 0) is 6.54 Å². The van der Waals surface area contributed by atoms with Gasteiger partial charge in [0.2, 0.25) is 4.80 Å². The molecule has 2 aromatic carbocycles. The molecule has 5 nitrogen and oxygen atoms in total. The van der Waals surface area contributed by atoms with Crippen molar-refractivity contribution in [1.82, 2.24) is 4.57 Å². The van der Waals surface area contributed by atoms with Crippen LogP contribution in [0.4, 0.5) is 0 Å². The van der Waals surface area contributed by atoms with Crippen molar-refractivity contribution in [3.8, 4) is 17.0 Å². The Hall–Kier alpha value is -3.38. The Morgan fingerprint density at radius 2 is 1.81 bits per heavy atom. The first kappa shape index (κ1) is 17.1. The van der Waals surface area contributed by atoms with Gasteiger partial charge in [-0.25, -0.2) is 0 Å². The fourth-order valence-corrected chi connectivity index (χ4v) is 3.53. The van der Waals surface area contributed by atoms with Crippen LogP contribution in [0.5, 0.6) is 5.75 Å². The van der Waals surface area contributed by atoms with Crippen LogP contribution in [0.15, 0.2) is 93.0 Å². The third-order valence-electron chi connectivity index (χ3n) is 4.00. The lowest BCUT2D eigenvalue weighted by Gasteiger charge is -2.07. The topological polar surface area (TPSA) is 63.0 Å². The SMILES string of the molecule is Oc1ccc(C=NN=c2scc(-c3ccccc3)n2Cc2ccco2)cc1. The lowest BCUT2D eigenvalue weighted by molar-refractivity contribution is 0.475. The summed E-state index contributed by atoms with van der Waals surface area (Å²) >= 11 is 1.53. The van der Waals surface area contributed by atoms with Crippen LogP contribution in [0.25, 0.3) is 11.3 Å². The van der Waals surface area contributed by atoms with Crippen LogP contribution in [0.2, 0.25) is 0 Å². The highest BCUT2D eigenvalue weighted by molar-refractivity contribution is 7.07. The number of hydrogen-bond donors (Lipinski definition) is 1. The minimum Gasteiger partial charge on any atom is -0.508 e. The predicted octanol–water partition coefficient (Wildman–Crippen LogP) is 4.50. The average molecular weight is 375 g/mol. The molecule has 0 radical (unpaired) electrons. The van der Waals surface area contributed by atoms with Gasteiger partial charge >= 0.3 is 0 Å². The second-order valence-corrected chi connectivity index (χ2v) is 6.71. The molecule has 4 aromatic rings. The summed E-state index contributed by atoms with van der Waals surface area (Å²) in [5.41, 5.74) is 3.05. The molecular weight excluding hydrogens is 358 g/mol. The van der Waals surface area contributed by atoms with Gasteiger partial charge in [0.15, 0.2) is 0 Å². The third-order valence-corrected chi connectivity index (χ3v) is 4.86. The summed E-state index contributed by atoms with van der Waals surface area (Å²) in [6, 6.07) is 20.8. The Morgan fingerprint density at radius 1 is 1.00 bits per heavy atom. The molecule has 0 unspecified atom stereocenters. The second-order valence-electron chi connectivity index (χ2n) is 5.87. The minimum absolute atomic E-state index is 0.228. The van der Waals surface area contributed by atoms with E-state index in [0.29, 0.717) is 6.54 Å². The van der Waals surface area contributed by atoms with E-state index in [2.05, 4.69) is 32.3 Å². The van der Waals surface area contributed by atoms with Crippen molar-refractivity contribution in [2.24, 2.45) is 10.2 Å². The van der Waals surface area contributed by atoms with E-state index >= 15 is 0 Å². The molecular formula is C21H17N3O2S. The van der Waals surface area contributed by atoms with Gasteiger partial charge in [-0.15, -0.1) is 16.4 Å². The third kappa shape index (κ3) is 4.07. The van der Waals surface area contributed by atoms with E-state index in [1.54, 1.807) is 36.7 Å². The number of phenols is 1. The molecule has 0 aliphatic carbocycles. The van der Waals surface area contributed by atoms with Crippen molar-refractivity contribution in [3.05, 3.63) is 94.5 Å². The van der Waals surface area contributed by atoms with Gasteiger partial charge in [-0.1, -0.05) is 30.3 Å². The standard InChI is InChI=1S/C21H17N3O2S/c25-18-10-8-16(9-11-18)13-22-23-21-24(14-19-7-4-12-26-19)20(15-27-21)17-5-2-1-3-6-17/h1-13,15,25H,14H2. The van der Waals surface area contributed by atoms with Gasteiger partial charge in [0, 0.05) is 5.38 Å². The molecule has 0 bridgehead atoms. The van der Waals surface area contributed by atoms with Crippen LogP contribution in [0.1, 0.15) is 11.3 Å². The molecule has 0 amide bonds. The van der Waals surface area contributed by atoms with Gasteiger partial charge < -0.3 is 14.1 Å². The Labute approximate surface area is 160 Å². The molecule has 0 saturated heterocycles. The minimum atomic E-state index is 0.228. The number of rotatable bonds is 5. The number of aromatic nitrogens is 1. The van der Waals surface area contributed by atoms with Gasteiger partial charge in [-0.05, 0) is 47.5 Å². The number of hydrogen-bond acceptors (Lipinski definition) is 5. The molecule has 0 atom stereocenters. The number of aromatic hydroxyl groups is 1. The van der Waals surface area contributed by atoms with E-state index in [1.165, 1.54) is 11.3 Å². The van der Waals surface area contributed by atoms with Crippen LogP contribution < -0.4 is 4.80 Å². The van der Waals surface area contributed by atoms with E-state index < -0.39 is 0 Å². The maximum atomic E-state index is 9.35. The van der Waals surface area contributed by atoms with Gasteiger partial charge in [0.1, 0.15) is 11.5 Å². The first-order chi connectivity index (χ1) is 13.3. The van der Waals surface area contributed by atoms with Crippen LogP contribution in [-0.4, -0.2) is 15.9 Å². The molecule has 0 saturated carbocycles. The molecule has 2 aromatic heterocycles. The highest BCUT2D eigenvalue weighted by Gasteiger charge is 2.09. The summed E-state index contributed by atoms with van der Waals surface area (Å²) in [6.07, 6.45) is 3.34. The van der Waals surface area contributed by atoms with Gasteiger partial charge in [0.25, 0.3) is 0 Å². The highest BCUT2D eigenvalue weighted by Crippen LogP contribution is 2.21. The molecule has 0 fully saturated rings. The Morgan fingerprint density at radius 3 is 2.56 bits per heavy atom.